The van der Waals surface area contributed by atoms with Crippen molar-refractivity contribution in [1.82, 2.24) is 30.6 Å². The van der Waals surface area contributed by atoms with E-state index in [4.69, 9.17) is 4.52 Å². The Bertz CT molecular complexity index is 945. The predicted molar refractivity (Wildman–Crippen MR) is 108 cm³/mol. The molecule has 4 rings (SSSR count). The van der Waals surface area contributed by atoms with Gasteiger partial charge in [-0.25, -0.2) is 9.78 Å². The number of nitrogens with one attached hydrogen (secondary N) is 2. The highest BCUT2D eigenvalue weighted by atomic mass is 16.5. The Morgan fingerprint density at radius 3 is 2.90 bits per heavy atom. The number of rotatable bonds is 5. The molecule has 2 aromatic heterocycles. The van der Waals surface area contributed by atoms with Crippen LogP contribution in [0.4, 0.5) is 4.79 Å². The number of likely N-dealkylation sites (tertiary alicyclic amines) is 1. The van der Waals surface area contributed by atoms with Crippen molar-refractivity contribution in [2.24, 2.45) is 0 Å². The summed E-state index contributed by atoms with van der Waals surface area (Å²) in [5.41, 5.74) is 2.94. The minimum atomic E-state index is -0.0377. The van der Waals surface area contributed by atoms with Crippen molar-refractivity contribution in [3.05, 3.63) is 53.2 Å². The first kappa shape index (κ1) is 19.2. The average molecular weight is 394 g/mol. The van der Waals surface area contributed by atoms with E-state index in [9.17, 15) is 4.79 Å². The number of aromatic amines is 1. The van der Waals surface area contributed by atoms with Crippen molar-refractivity contribution in [3.8, 4) is 11.4 Å². The van der Waals surface area contributed by atoms with Crippen molar-refractivity contribution in [1.29, 1.82) is 0 Å². The summed E-state index contributed by atoms with van der Waals surface area (Å²) in [7, 11) is 0. The summed E-state index contributed by atoms with van der Waals surface area (Å²) in [4.78, 5) is 19.2. The van der Waals surface area contributed by atoms with Crippen LogP contribution in [0.3, 0.4) is 0 Å². The lowest BCUT2D eigenvalue weighted by molar-refractivity contribution is 0.178. The number of H-pyrrole nitrogens is 1. The van der Waals surface area contributed by atoms with Crippen molar-refractivity contribution < 1.29 is 9.32 Å². The first-order chi connectivity index (χ1) is 14.1. The first-order valence-corrected chi connectivity index (χ1v) is 10.0. The molecule has 29 heavy (non-hydrogen) atoms. The molecule has 1 aliphatic heterocycles. The number of benzene rings is 1. The number of amides is 2. The third-order valence-corrected chi connectivity index (χ3v) is 5.46. The number of urea groups is 1. The van der Waals surface area contributed by atoms with Gasteiger partial charge in [-0.15, -0.1) is 0 Å². The van der Waals surface area contributed by atoms with Gasteiger partial charge in [0.05, 0.1) is 5.69 Å². The lowest BCUT2D eigenvalue weighted by atomic mass is 9.97. The van der Waals surface area contributed by atoms with Crippen LogP contribution >= 0.6 is 0 Å². The average Bonchev–Trinajstić information content (AvgIpc) is 3.37. The molecule has 1 fully saturated rings. The molecule has 0 saturated carbocycles. The monoisotopic (exact) mass is 394 g/mol. The molecule has 152 valence electrons. The van der Waals surface area contributed by atoms with Gasteiger partial charge in [0.2, 0.25) is 0 Å². The summed E-state index contributed by atoms with van der Waals surface area (Å²) >= 11 is 0. The van der Waals surface area contributed by atoms with Gasteiger partial charge in [0.1, 0.15) is 11.6 Å². The van der Waals surface area contributed by atoms with E-state index in [1.807, 2.05) is 49.1 Å². The SMILES string of the molecule is Cc1noc(C)c1CCNC(=O)N1CCC[C@@H](c2nc(-c3ccccc3)n[nH]2)C1. The van der Waals surface area contributed by atoms with Gasteiger partial charge in [0.15, 0.2) is 5.82 Å². The van der Waals surface area contributed by atoms with Gasteiger partial charge >= 0.3 is 6.03 Å². The van der Waals surface area contributed by atoms with E-state index < -0.39 is 0 Å². The highest BCUT2D eigenvalue weighted by Gasteiger charge is 2.27. The van der Waals surface area contributed by atoms with Crippen LogP contribution in [0.2, 0.25) is 0 Å². The van der Waals surface area contributed by atoms with Gasteiger partial charge in [0.25, 0.3) is 0 Å². The Hall–Kier alpha value is -3.16. The second kappa shape index (κ2) is 8.46. The first-order valence-electron chi connectivity index (χ1n) is 10.0. The smallest absolute Gasteiger partial charge is 0.317 e. The van der Waals surface area contributed by atoms with E-state index in [1.165, 1.54) is 0 Å². The van der Waals surface area contributed by atoms with Crippen molar-refractivity contribution in [2.45, 2.75) is 39.0 Å². The quantitative estimate of drug-likeness (QED) is 0.692. The van der Waals surface area contributed by atoms with Crippen LogP contribution in [0.15, 0.2) is 34.9 Å². The van der Waals surface area contributed by atoms with E-state index in [0.717, 1.165) is 47.8 Å². The van der Waals surface area contributed by atoms with E-state index in [-0.39, 0.29) is 11.9 Å². The van der Waals surface area contributed by atoms with E-state index in [0.29, 0.717) is 25.3 Å². The van der Waals surface area contributed by atoms with Crippen LogP contribution in [-0.4, -0.2) is 50.9 Å². The van der Waals surface area contributed by atoms with Crippen LogP contribution in [0.5, 0.6) is 0 Å². The summed E-state index contributed by atoms with van der Waals surface area (Å²) in [5.74, 6) is 2.52. The van der Waals surface area contributed by atoms with Crippen molar-refractivity contribution in [2.75, 3.05) is 19.6 Å². The molecule has 3 aromatic rings. The van der Waals surface area contributed by atoms with E-state index in [2.05, 4.69) is 25.7 Å². The maximum absolute atomic E-state index is 12.6. The minimum Gasteiger partial charge on any atom is -0.361 e. The Morgan fingerprint density at radius 2 is 2.14 bits per heavy atom. The molecule has 1 aliphatic rings. The summed E-state index contributed by atoms with van der Waals surface area (Å²) in [5, 5.41) is 14.4. The molecule has 8 nitrogen and oxygen atoms in total. The fourth-order valence-electron chi connectivity index (χ4n) is 3.82. The van der Waals surface area contributed by atoms with Gasteiger partial charge in [-0.2, -0.15) is 5.10 Å². The zero-order chi connectivity index (χ0) is 20.2. The summed E-state index contributed by atoms with van der Waals surface area (Å²) < 4.78 is 5.18. The van der Waals surface area contributed by atoms with Crippen LogP contribution in [0, 0.1) is 13.8 Å². The summed E-state index contributed by atoms with van der Waals surface area (Å²) in [6, 6.07) is 9.87. The second-order valence-corrected chi connectivity index (χ2v) is 7.48. The molecule has 0 aliphatic carbocycles. The molecular formula is C21H26N6O2. The molecular weight excluding hydrogens is 368 g/mol. The second-order valence-electron chi connectivity index (χ2n) is 7.48. The standard InChI is InChI=1S/C21H26N6O2/c1-14-18(15(2)29-26-14)10-11-22-21(28)27-12-6-9-17(13-27)20-23-19(24-25-20)16-7-4-3-5-8-16/h3-5,7-8,17H,6,9-13H2,1-2H3,(H,22,28)(H,23,24,25)/t17-/m1/s1. The van der Waals surface area contributed by atoms with Crippen LogP contribution in [0.25, 0.3) is 11.4 Å². The number of piperidine rings is 1. The van der Waals surface area contributed by atoms with Crippen LogP contribution in [0.1, 0.15) is 41.6 Å². The Morgan fingerprint density at radius 1 is 1.31 bits per heavy atom. The zero-order valence-corrected chi connectivity index (χ0v) is 16.8. The molecule has 0 unspecified atom stereocenters. The number of aromatic nitrogens is 4. The fraction of sp³-hybridized carbons (Fsp3) is 0.429. The molecule has 3 heterocycles. The molecule has 8 heteroatoms. The van der Waals surface area contributed by atoms with Gasteiger partial charge in [-0.1, -0.05) is 35.5 Å². The number of hydrogen-bond acceptors (Lipinski definition) is 5. The predicted octanol–water partition coefficient (Wildman–Crippen LogP) is 3.21. The van der Waals surface area contributed by atoms with E-state index >= 15 is 0 Å². The van der Waals surface area contributed by atoms with Gasteiger partial charge in [-0.05, 0) is 33.1 Å². The molecule has 0 bridgehead atoms. The zero-order valence-electron chi connectivity index (χ0n) is 16.8. The largest absolute Gasteiger partial charge is 0.361 e. The molecule has 2 N–H and O–H groups in total. The minimum absolute atomic E-state index is 0.0377. The highest BCUT2D eigenvalue weighted by Crippen LogP contribution is 2.26. The summed E-state index contributed by atoms with van der Waals surface area (Å²) in [6.07, 6.45) is 2.66. The number of carbonyl (C=O) groups is 1. The number of hydrogen-bond donors (Lipinski definition) is 2. The number of nitrogens with zero attached hydrogens (tertiary/aromatic N) is 4. The maximum Gasteiger partial charge on any atom is 0.317 e. The molecule has 1 aromatic carbocycles. The van der Waals surface area contributed by atoms with Gasteiger partial charge in [-0.3, -0.25) is 5.10 Å². The van der Waals surface area contributed by atoms with E-state index in [1.54, 1.807) is 0 Å². The number of carbonyl (C=O) groups excluding carboxylic acids is 1. The third kappa shape index (κ3) is 4.31. The lowest BCUT2D eigenvalue weighted by Gasteiger charge is -2.31. The normalized spacial score (nSPS) is 16.8. The third-order valence-electron chi connectivity index (χ3n) is 5.46. The molecule has 1 saturated heterocycles. The molecule has 0 spiro atoms. The molecule has 2 amide bonds. The van der Waals surface area contributed by atoms with Crippen molar-refractivity contribution in [3.63, 3.8) is 0 Å². The fourth-order valence-corrected chi connectivity index (χ4v) is 3.82. The van der Waals surface area contributed by atoms with Crippen LogP contribution in [-0.2, 0) is 6.42 Å². The van der Waals surface area contributed by atoms with Crippen molar-refractivity contribution >= 4 is 6.03 Å². The van der Waals surface area contributed by atoms with Crippen LogP contribution < -0.4 is 5.32 Å². The Labute approximate surface area is 169 Å². The Kier molecular flexibility index (Phi) is 5.59. The summed E-state index contributed by atoms with van der Waals surface area (Å²) in [6.45, 7) is 5.77. The van der Waals surface area contributed by atoms with Gasteiger partial charge < -0.3 is 14.7 Å². The molecule has 0 radical (unpaired) electrons. The Balaban J connectivity index is 1.33. The highest BCUT2D eigenvalue weighted by molar-refractivity contribution is 5.74. The lowest BCUT2D eigenvalue weighted by Crippen LogP contribution is -2.45. The molecule has 1 atom stereocenters. The maximum atomic E-state index is 12.6. The topological polar surface area (TPSA) is 99.9 Å². The number of aryl methyl sites for hydroxylation is 2. The van der Waals surface area contributed by atoms with Gasteiger partial charge in [0, 0.05) is 36.7 Å².